The number of rotatable bonds is 8. The minimum absolute atomic E-state index is 0.127. The predicted molar refractivity (Wildman–Crippen MR) is 124 cm³/mol. The molecule has 0 saturated carbocycles. The first-order valence-corrected chi connectivity index (χ1v) is 11.6. The number of benzene rings is 2. The lowest BCUT2D eigenvalue weighted by molar-refractivity contribution is -0.144. The molecule has 1 aliphatic heterocycles. The number of amides is 1. The minimum Gasteiger partial charge on any atom is -0.469 e. The molecule has 1 N–H and O–H groups in total. The van der Waals surface area contributed by atoms with Crippen molar-refractivity contribution in [2.24, 2.45) is 0 Å². The number of carbonyl (C=O) groups is 2. The van der Waals surface area contributed by atoms with Gasteiger partial charge in [0.05, 0.1) is 17.3 Å². The van der Waals surface area contributed by atoms with Crippen molar-refractivity contribution < 1.29 is 19.1 Å². The molecule has 0 unspecified atom stereocenters. The Morgan fingerprint density at radius 3 is 2.59 bits per heavy atom. The Morgan fingerprint density at radius 2 is 1.88 bits per heavy atom. The third-order valence-electron chi connectivity index (χ3n) is 5.60. The number of hydrogen-bond donors (Lipinski definition) is 1. The van der Waals surface area contributed by atoms with E-state index in [9.17, 15) is 9.59 Å². The normalized spacial score (nSPS) is 14.9. The van der Waals surface area contributed by atoms with E-state index in [0.29, 0.717) is 5.19 Å². The smallest absolute Gasteiger partial charge is 0.315 e. The van der Waals surface area contributed by atoms with Gasteiger partial charge in [0.15, 0.2) is 0 Å². The molecule has 8 heteroatoms. The van der Waals surface area contributed by atoms with E-state index < -0.39 is 5.97 Å². The maximum absolute atomic E-state index is 11.8. The molecule has 0 atom stereocenters. The lowest BCUT2D eigenvalue weighted by atomic mass is 10.0. The van der Waals surface area contributed by atoms with Crippen LogP contribution in [0.2, 0.25) is 0 Å². The van der Waals surface area contributed by atoms with Gasteiger partial charge in [0, 0.05) is 25.7 Å². The van der Waals surface area contributed by atoms with Gasteiger partial charge in [-0.3, -0.25) is 9.59 Å². The highest BCUT2D eigenvalue weighted by molar-refractivity contribution is 7.20. The topological polar surface area (TPSA) is 80.8 Å². The van der Waals surface area contributed by atoms with Gasteiger partial charge in [-0.05, 0) is 49.1 Å². The second-order valence-corrected chi connectivity index (χ2v) is 8.87. The SMILES string of the molecule is COC(=O)CC(=O)NC1CCN(CCc2ccc(Oc3nc4ccccc4s3)cc2)CC1. The number of ether oxygens (including phenoxy) is 2. The summed E-state index contributed by atoms with van der Waals surface area (Å²) in [6.45, 7) is 2.84. The summed E-state index contributed by atoms with van der Waals surface area (Å²) in [6, 6.07) is 16.3. The van der Waals surface area contributed by atoms with Gasteiger partial charge in [-0.1, -0.05) is 35.6 Å². The van der Waals surface area contributed by atoms with Crippen molar-refractivity contribution in [3.63, 3.8) is 0 Å². The summed E-state index contributed by atoms with van der Waals surface area (Å²) in [7, 11) is 1.29. The second-order valence-electron chi connectivity index (χ2n) is 7.88. The standard InChI is InChI=1S/C24H27N3O4S/c1-30-23(29)16-22(28)25-18-11-14-27(15-12-18)13-10-17-6-8-19(9-7-17)31-24-26-20-4-2-3-5-21(20)32-24/h2-9,18H,10-16H2,1H3,(H,25,28). The van der Waals surface area contributed by atoms with Crippen LogP contribution in [0.15, 0.2) is 48.5 Å². The van der Waals surface area contributed by atoms with E-state index in [1.807, 2.05) is 36.4 Å². The number of esters is 1. The van der Waals surface area contributed by atoms with Crippen molar-refractivity contribution in [2.45, 2.75) is 31.7 Å². The summed E-state index contributed by atoms with van der Waals surface area (Å²) in [5.41, 5.74) is 2.21. The number of nitrogens with zero attached hydrogens (tertiary/aromatic N) is 2. The third-order valence-corrected chi connectivity index (χ3v) is 6.52. The number of para-hydroxylation sites is 1. The highest BCUT2D eigenvalue weighted by Gasteiger charge is 2.21. The summed E-state index contributed by atoms with van der Waals surface area (Å²) < 4.78 is 11.6. The Bertz CT molecular complexity index is 1030. The number of likely N-dealkylation sites (tertiary alicyclic amines) is 1. The van der Waals surface area contributed by atoms with E-state index >= 15 is 0 Å². The minimum atomic E-state index is -0.503. The van der Waals surface area contributed by atoms with Gasteiger partial charge in [0.25, 0.3) is 5.19 Å². The summed E-state index contributed by atoms with van der Waals surface area (Å²) in [5, 5.41) is 3.58. The van der Waals surface area contributed by atoms with Crippen molar-refractivity contribution in [1.82, 2.24) is 15.2 Å². The number of piperidine rings is 1. The zero-order valence-corrected chi connectivity index (χ0v) is 18.9. The van der Waals surface area contributed by atoms with Crippen molar-refractivity contribution in [2.75, 3.05) is 26.7 Å². The molecule has 4 rings (SSSR count). The monoisotopic (exact) mass is 453 g/mol. The zero-order valence-electron chi connectivity index (χ0n) is 18.1. The van der Waals surface area contributed by atoms with Crippen molar-refractivity contribution >= 4 is 33.4 Å². The van der Waals surface area contributed by atoms with Crippen LogP contribution >= 0.6 is 11.3 Å². The molecule has 168 valence electrons. The number of aromatic nitrogens is 1. The molecule has 0 aliphatic carbocycles. The van der Waals surface area contributed by atoms with Crippen LogP contribution in [0.25, 0.3) is 10.2 Å². The van der Waals surface area contributed by atoms with E-state index in [4.69, 9.17) is 4.74 Å². The molecule has 1 aliphatic rings. The van der Waals surface area contributed by atoms with Gasteiger partial charge in [0.2, 0.25) is 5.91 Å². The first kappa shape index (κ1) is 22.2. The molecule has 1 aromatic heterocycles. The molecule has 32 heavy (non-hydrogen) atoms. The van der Waals surface area contributed by atoms with E-state index in [1.165, 1.54) is 12.7 Å². The molecular formula is C24H27N3O4S. The number of thiazole rings is 1. The first-order chi connectivity index (χ1) is 15.6. The van der Waals surface area contributed by atoms with Gasteiger partial charge in [-0.25, -0.2) is 4.98 Å². The van der Waals surface area contributed by atoms with Crippen molar-refractivity contribution in [1.29, 1.82) is 0 Å². The Kier molecular flexibility index (Phi) is 7.34. The summed E-state index contributed by atoms with van der Waals surface area (Å²) >= 11 is 1.54. The van der Waals surface area contributed by atoms with Crippen LogP contribution in [0.3, 0.4) is 0 Å². The van der Waals surface area contributed by atoms with E-state index in [2.05, 4.69) is 32.1 Å². The van der Waals surface area contributed by atoms with Crippen LogP contribution in [-0.4, -0.2) is 54.5 Å². The van der Waals surface area contributed by atoms with E-state index in [1.54, 1.807) is 11.3 Å². The largest absolute Gasteiger partial charge is 0.469 e. The lowest BCUT2D eigenvalue weighted by Gasteiger charge is -2.32. The van der Waals surface area contributed by atoms with Crippen LogP contribution in [0, 0.1) is 0 Å². The summed E-state index contributed by atoms with van der Waals surface area (Å²) in [6.07, 6.45) is 2.53. The molecule has 0 spiro atoms. The second kappa shape index (κ2) is 10.6. The number of carbonyl (C=O) groups excluding carboxylic acids is 2. The Morgan fingerprint density at radius 1 is 1.12 bits per heavy atom. The number of hydrogen-bond acceptors (Lipinski definition) is 7. The molecule has 2 aromatic carbocycles. The fourth-order valence-corrected chi connectivity index (χ4v) is 4.62. The van der Waals surface area contributed by atoms with Crippen LogP contribution in [0.4, 0.5) is 0 Å². The van der Waals surface area contributed by atoms with E-state index in [-0.39, 0.29) is 18.4 Å². The van der Waals surface area contributed by atoms with Gasteiger partial charge in [-0.2, -0.15) is 0 Å². The molecule has 3 aromatic rings. The predicted octanol–water partition coefficient (Wildman–Crippen LogP) is 3.77. The van der Waals surface area contributed by atoms with Crippen molar-refractivity contribution in [3.05, 3.63) is 54.1 Å². The number of nitrogens with one attached hydrogen (secondary N) is 1. The van der Waals surface area contributed by atoms with Crippen LogP contribution in [0.5, 0.6) is 10.9 Å². The summed E-state index contributed by atoms with van der Waals surface area (Å²) in [4.78, 5) is 29.9. The number of fused-ring (bicyclic) bond motifs is 1. The average molecular weight is 454 g/mol. The fourth-order valence-electron chi connectivity index (χ4n) is 3.79. The maximum Gasteiger partial charge on any atom is 0.315 e. The van der Waals surface area contributed by atoms with Gasteiger partial charge >= 0.3 is 5.97 Å². The number of methoxy groups -OCH3 is 1. The lowest BCUT2D eigenvalue weighted by Crippen LogP contribution is -2.45. The molecule has 1 saturated heterocycles. The Balaban J connectivity index is 1.19. The van der Waals surface area contributed by atoms with Gasteiger partial charge < -0.3 is 19.7 Å². The zero-order chi connectivity index (χ0) is 22.3. The third kappa shape index (κ3) is 6.05. The summed E-state index contributed by atoms with van der Waals surface area (Å²) in [5.74, 6) is 0.0243. The molecular weight excluding hydrogens is 426 g/mol. The van der Waals surface area contributed by atoms with Crippen LogP contribution < -0.4 is 10.1 Å². The Labute approximate surface area is 191 Å². The van der Waals surface area contributed by atoms with Gasteiger partial charge in [-0.15, -0.1) is 0 Å². The quantitative estimate of drug-likeness (QED) is 0.413. The average Bonchev–Trinajstić information content (AvgIpc) is 3.21. The van der Waals surface area contributed by atoms with Crippen molar-refractivity contribution in [3.8, 4) is 10.9 Å². The fraction of sp³-hybridized carbons (Fsp3) is 0.375. The van der Waals surface area contributed by atoms with Crippen LogP contribution in [0.1, 0.15) is 24.8 Å². The van der Waals surface area contributed by atoms with E-state index in [0.717, 1.165) is 54.9 Å². The molecule has 7 nitrogen and oxygen atoms in total. The maximum atomic E-state index is 11.8. The molecule has 0 radical (unpaired) electrons. The highest BCUT2D eigenvalue weighted by Crippen LogP contribution is 2.31. The first-order valence-electron chi connectivity index (χ1n) is 10.8. The molecule has 2 heterocycles. The molecule has 0 bridgehead atoms. The van der Waals surface area contributed by atoms with Crippen LogP contribution in [-0.2, 0) is 20.7 Å². The molecule has 1 fully saturated rings. The Hall–Kier alpha value is -2.97. The highest BCUT2D eigenvalue weighted by atomic mass is 32.1. The van der Waals surface area contributed by atoms with Gasteiger partial charge in [0.1, 0.15) is 12.2 Å². The molecule has 1 amide bonds.